The number of aromatic nitrogens is 1. The van der Waals surface area contributed by atoms with Gasteiger partial charge in [0.15, 0.2) is 0 Å². The molecule has 0 radical (unpaired) electrons. The van der Waals surface area contributed by atoms with Gasteiger partial charge >= 0.3 is 0 Å². The molecule has 1 aromatic heterocycles. The zero-order valence-electron chi connectivity index (χ0n) is 9.12. The summed E-state index contributed by atoms with van der Waals surface area (Å²) in [5, 5.41) is 0. The van der Waals surface area contributed by atoms with E-state index in [2.05, 4.69) is 18.0 Å². The third-order valence-corrected chi connectivity index (χ3v) is 2.32. The van der Waals surface area contributed by atoms with Crippen LogP contribution in [0.2, 0.25) is 0 Å². The van der Waals surface area contributed by atoms with Gasteiger partial charge in [-0.2, -0.15) is 0 Å². The Bertz CT molecular complexity index is 260. The molecule has 0 N–H and O–H groups in total. The maximum Gasteiger partial charge on any atom is 0.137 e. The average Bonchev–Trinajstić information content (AvgIpc) is 2.25. The molecule has 78 valence electrons. The molecule has 2 nitrogen and oxygen atoms in total. The Morgan fingerprint density at radius 1 is 1.21 bits per heavy atom. The highest BCUT2D eigenvalue weighted by Crippen LogP contribution is 2.13. The molecule has 0 aliphatic heterocycles. The van der Waals surface area contributed by atoms with E-state index in [1.165, 1.54) is 31.2 Å². The van der Waals surface area contributed by atoms with Gasteiger partial charge in [-0.3, -0.25) is 4.98 Å². The number of methoxy groups -OCH3 is 1. The average molecular weight is 193 g/mol. The van der Waals surface area contributed by atoms with Gasteiger partial charge < -0.3 is 4.74 Å². The first-order valence-corrected chi connectivity index (χ1v) is 5.34. The Balaban J connectivity index is 2.34. The number of hydrogen-bond donors (Lipinski definition) is 0. The quantitative estimate of drug-likeness (QED) is 0.647. The van der Waals surface area contributed by atoms with Crippen LogP contribution < -0.4 is 4.74 Å². The van der Waals surface area contributed by atoms with Gasteiger partial charge in [-0.15, -0.1) is 0 Å². The van der Waals surface area contributed by atoms with Crippen LogP contribution in [-0.2, 0) is 6.42 Å². The molecule has 0 amide bonds. The maximum atomic E-state index is 5.12. The fourth-order valence-electron chi connectivity index (χ4n) is 1.47. The Labute approximate surface area is 86.3 Å². The summed E-state index contributed by atoms with van der Waals surface area (Å²) < 4.78 is 5.12. The molecule has 14 heavy (non-hydrogen) atoms. The first kappa shape index (κ1) is 11.0. The maximum absolute atomic E-state index is 5.12. The lowest BCUT2D eigenvalue weighted by Crippen LogP contribution is -1.90. The van der Waals surface area contributed by atoms with Crippen LogP contribution in [0.4, 0.5) is 0 Å². The van der Waals surface area contributed by atoms with Gasteiger partial charge in [0, 0.05) is 6.20 Å². The monoisotopic (exact) mass is 193 g/mol. The summed E-state index contributed by atoms with van der Waals surface area (Å²) >= 11 is 0. The molecule has 0 saturated heterocycles. The van der Waals surface area contributed by atoms with Crippen molar-refractivity contribution in [3.05, 3.63) is 24.0 Å². The molecule has 1 rings (SSSR count). The highest BCUT2D eigenvalue weighted by molar-refractivity contribution is 5.23. The van der Waals surface area contributed by atoms with E-state index in [1.54, 1.807) is 13.3 Å². The molecule has 0 atom stereocenters. The lowest BCUT2D eigenvalue weighted by atomic mass is 10.1. The molecule has 0 unspecified atom stereocenters. The fourth-order valence-corrected chi connectivity index (χ4v) is 1.47. The molecule has 1 aromatic rings. The third-order valence-electron chi connectivity index (χ3n) is 2.32. The number of aryl methyl sites for hydroxylation is 1. The molecule has 2 heteroatoms. The van der Waals surface area contributed by atoms with Crippen LogP contribution in [0.3, 0.4) is 0 Å². The van der Waals surface area contributed by atoms with E-state index in [4.69, 9.17) is 4.74 Å². The highest BCUT2D eigenvalue weighted by Gasteiger charge is 1.96. The summed E-state index contributed by atoms with van der Waals surface area (Å²) in [4.78, 5) is 4.13. The van der Waals surface area contributed by atoms with Gasteiger partial charge in [0.05, 0.1) is 13.3 Å². The van der Waals surface area contributed by atoms with Crippen molar-refractivity contribution < 1.29 is 4.74 Å². The van der Waals surface area contributed by atoms with Crippen LogP contribution in [0.5, 0.6) is 5.75 Å². The van der Waals surface area contributed by atoms with Crippen LogP contribution in [0, 0.1) is 0 Å². The van der Waals surface area contributed by atoms with E-state index >= 15 is 0 Å². The zero-order chi connectivity index (χ0) is 10.2. The summed E-state index contributed by atoms with van der Waals surface area (Å²) in [6.45, 7) is 2.23. The zero-order valence-corrected chi connectivity index (χ0v) is 9.12. The van der Waals surface area contributed by atoms with E-state index in [1.807, 2.05) is 6.20 Å². The minimum absolute atomic E-state index is 0.859. The molecule has 0 aliphatic carbocycles. The van der Waals surface area contributed by atoms with Crippen molar-refractivity contribution in [2.45, 2.75) is 39.0 Å². The molecule has 1 heterocycles. The number of hydrogen-bond acceptors (Lipinski definition) is 2. The van der Waals surface area contributed by atoms with E-state index < -0.39 is 0 Å². The molecule has 0 spiro atoms. The van der Waals surface area contributed by atoms with E-state index in [0.717, 1.165) is 12.2 Å². The molecule has 0 aromatic carbocycles. The summed E-state index contributed by atoms with van der Waals surface area (Å²) in [6, 6.07) is 2.07. The second kappa shape index (κ2) is 6.41. The van der Waals surface area contributed by atoms with Crippen molar-refractivity contribution in [2.75, 3.05) is 7.11 Å². The number of rotatable bonds is 6. The predicted molar refractivity (Wildman–Crippen MR) is 58.6 cm³/mol. The van der Waals surface area contributed by atoms with Gasteiger partial charge in [0.2, 0.25) is 0 Å². The minimum atomic E-state index is 0.859. The Morgan fingerprint density at radius 3 is 2.79 bits per heavy atom. The molecular formula is C12H19NO. The van der Waals surface area contributed by atoms with Crippen LogP contribution >= 0.6 is 0 Å². The summed E-state index contributed by atoms with van der Waals surface area (Å²) in [5.41, 5.74) is 1.28. The molecular weight excluding hydrogens is 174 g/mol. The van der Waals surface area contributed by atoms with Gasteiger partial charge in [0.25, 0.3) is 0 Å². The SMILES string of the molecule is CCCCCCc1cncc(OC)c1. The Hall–Kier alpha value is -1.05. The van der Waals surface area contributed by atoms with Crippen LogP contribution in [-0.4, -0.2) is 12.1 Å². The van der Waals surface area contributed by atoms with Crippen LogP contribution in [0.1, 0.15) is 38.2 Å². The molecule has 0 saturated carbocycles. The van der Waals surface area contributed by atoms with E-state index in [0.29, 0.717) is 0 Å². The number of pyridine rings is 1. The first-order valence-electron chi connectivity index (χ1n) is 5.34. The van der Waals surface area contributed by atoms with Crippen molar-refractivity contribution in [3.8, 4) is 5.75 Å². The summed E-state index contributed by atoms with van der Waals surface area (Å²) in [6.07, 6.45) is 9.97. The Kier molecular flexibility index (Phi) is 5.05. The fraction of sp³-hybridized carbons (Fsp3) is 0.583. The van der Waals surface area contributed by atoms with Crippen LogP contribution in [0.25, 0.3) is 0 Å². The smallest absolute Gasteiger partial charge is 0.137 e. The second-order valence-electron chi connectivity index (χ2n) is 3.54. The van der Waals surface area contributed by atoms with E-state index in [-0.39, 0.29) is 0 Å². The molecule has 0 aliphatic rings. The normalized spacial score (nSPS) is 10.1. The van der Waals surface area contributed by atoms with Gasteiger partial charge in [-0.1, -0.05) is 26.2 Å². The lowest BCUT2D eigenvalue weighted by molar-refractivity contribution is 0.412. The van der Waals surface area contributed by atoms with Crippen LogP contribution in [0.15, 0.2) is 18.5 Å². The molecule has 0 bridgehead atoms. The number of nitrogens with zero attached hydrogens (tertiary/aromatic N) is 1. The van der Waals surface area contributed by atoms with Crippen molar-refractivity contribution >= 4 is 0 Å². The predicted octanol–water partition coefficient (Wildman–Crippen LogP) is 3.21. The van der Waals surface area contributed by atoms with Gasteiger partial charge in [-0.05, 0) is 24.5 Å². The standard InChI is InChI=1S/C12H19NO/c1-3-4-5-6-7-11-8-12(14-2)10-13-9-11/h8-10H,3-7H2,1-2H3. The Morgan fingerprint density at radius 2 is 2.07 bits per heavy atom. The van der Waals surface area contributed by atoms with Crippen molar-refractivity contribution in [1.29, 1.82) is 0 Å². The summed E-state index contributed by atoms with van der Waals surface area (Å²) in [7, 11) is 1.68. The largest absolute Gasteiger partial charge is 0.495 e. The second-order valence-corrected chi connectivity index (χ2v) is 3.54. The highest BCUT2D eigenvalue weighted by atomic mass is 16.5. The number of ether oxygens (including phenoxy) is 1. The van der Waals surface area contributed by atoms with Gasteiger partial charge in [-0.25, -0.2) is 0 Å². The number of unbranched alkanes of at least 4 members (excludes halogenated alkanes) is 3. The van der Waals surface area contributed by atoms with Crippen molar-refractivity contribution in [3.63, 3.8) is 0 Å². The van der Waals surface area contributed by atoms with Gasteiger partial charge in [0.1, 0.15) is 5.75 Å². The lowest BCUT2D eigenvalue weighted by Gasteiger charge is -2.03. The minimum Gasteiger partial charge on any atom is -0.495 e. The van der Waals surface area contributed by atoms with Crippen molar-refractivity contribution in [2.24, 2.45) is 0 Å². The third kappa shape index (κ3) is 3.77. The topological polar surface area (TPSA) is 22.1 Å². The van der Waals surface area contributed by atoms with Crippen molar-refractivity contribution in [1.82, 2.24) is 4.98 Å². The van der Waals surface area contributed by atoms with E-state index in [9.17, 15) is 0 Å². The molecule has 0 fully saturated rings. The summed E-state index contributed by atoms with van der Waals surface area (Å²) in [5.74, 6) is 0.859. The first-order chi connectivity index (χ1) is 6.86.